The molecule has 1 fully saturated rings. The van der Waals surface area contributed by atoms with E-state index >= 15 is 0 Å². The lowest BCUT2D eigenvalue weighted by Gasteiger charge is -2.35. The van der Waals surface area contributed by atoms with Crippen molar-refractivity contribution < 1.29 is 5.11 Å². The van der Waals surface area contributed by atoms with Gasteiger partial charge in [0.05, 0.1) is 12.1 Å². The predicted molar refractivity (Wildman–Crippen MR) is 83.0 cm³/mol. The Morgan fingerprint density at radius 1 is 1.05 bits per heavy atom. The molecule has 1 atom stereocenters. The van der Waals surface area contributed by atoms with Gasteiger partial charge >= 0.3 is 0 Å². The third-order valence-electron chi connectivity index (χ3n) is 4.02. The Balaban J connectivity index is 1.98. The van der Waals surface area contributed by atoms with Gasteiger partial charge in [-0.1, -0.05) is 41.9 Å². The van der Waals surface area contributed by atoms with E-state index in [1.165, 1.54) is 0 Å². The molecule has 104 valence electrons. The number of nitrogens with one attached hydrogen (secondary N) is 1. The Hall–Kier alpha value is -1.51. The van der Waals surface area contributed by atoms with Gasteiger partial charge in [0, 0.05) is 10.7 Å². The number of aliphatic hydroxyl groups is 1. The van der Waals surface area contributed by atoms with Crippen LogP contribution in [-0.2, 0) is 5.54 Å². The van der Waals surface area contributed by atoms with Crippen LogP contribution in [-0.4, -0.2) is 11.7 Å². The van der Waals surface area contributed by atoms with Crippen LogP contribution in [0.4, 0.5) is 5.69 Å². The molecule has 0 spiro atoms. The minimum absolute atomic E-state index is 0.0776. The molecule has 20 heavy (non-hydrogen) atoms. The van der Waals surface area contributed by atoms with E-state index in [-0.39, 0.29) is 6.61 Å². The van der Waals surface area contributed by atoms with E-state index in [2.05, 4.69) is 5.32 Å². The molecule has 3 rings (SSSR count). The van der Waals surface area contributed by atoms with E-state index in [0.717, 1.165) is 29.1 Å². The van der Waals surface area contributed by atoms with Crippen molar-refractivity contribution in [2.45, 2.75) is 18.4 Å². The van der Waals surface area contributed by atoms with Crippen molar-refractivity contribution in [3.63, 3.8) is 0 Å². The highest BCUT2D eigenvalue weighted by Crippen LogP contribution is 2.47. The first-order valence-corrected chi connectivity index (χ1v) is 7.32. The van der Waals surface area contributed by atoms with Gasteiger partial charge in [-0.3, -0.25) is 0 Å². The summed E-state index contributed by atoms with van der Waals surface area (Å²) in [5.41, 5.74) is 1.71. The number of benzene rings is 2. The van der Waals surface area contributed by atoms with Crippen molar-refractivity contribution in [1.82, 2.24) is 0 Å². The van der Waals surface area contributed by atoms with Gasteiger partial charge in [0.15, 0.2) is 0 Å². The minimum atomic E-state index is -0.411. The second-order valence-corrected chi connectivity index (χ2v) is 5.84. The van der Waals surface area contributed by atoms with Gasteiger partial charge in [-0.05, 0) is 48.6 Å². The highest BCUT2D eigenvalue weighted by molar-refractivity contribution is 6.30. The molecule has 0 saturated heterocycles. The van der Waals surface area contributed by atoms with Gasteiger partial charge in [-0.25, -0.2) is 0 Å². The van der Waals surface area contributed by atoms with Crippen LogP contribution in [0.15, 0.2) is 54.6 Å². The fourth-order valence-electron chi connectivity index (χ4n) is 2.77. The van der Waals surface area contributed by atoms with Crippen LogP contribution in [0.2, 0.25) is 5.02 Å². The zero-order valence-electron chi connectivity index (χ0n) is 11.2. The van der Waals surface area contributed by atoms with Gasteiger partial charge in [0.2, 0.25) is 0 Å². The van der Waals surface area contributed by atoms with Crippen molar-refractivity contribution >= 4 is 17.3 Å². The normalized spacial score (nSPS) is 17.5. The summed E-state index contributed by atoms with van der Waals surface area (Å²) in [5.74, 6) is 0.467. The lowest BCUT2D eigenvalue weighted by Crippen LogP contribution is -2.41. The summed E-state index contributed by atoms with van der Waals surface area (Å²) in [4.78, 5) is 0. The molecule has 0 amide bonds. The third-order valence-corrected chi connectivity index (χ3v) is 4.28. The molecular formula is C17H18ClNO. The average Bonchev–Trinajstić information content (AvgIpc) is 3.32. The SMILES string of the molecule is OCC(Nc1ccccc1)(c1ccc(Cl)cc1)C1CC1. The Morgan fingerprint density at radius 3 is 2.25 bits per heavy atom. The second kappa shape index (κ2) is 5.47. The number of rotatable bonds is 5. The maximum Gasteiger partial charge on any atom is 0.0885 e. The van der Waals surface area contributed by atoms with Crippen LogP contribution >= 0.6 is 11.6 Å². The maximum atomic E-state index is 10.1. The van der Waals surface area contributed by atoms with E-state index in [1.54, 1.807) is 0 Å². The van der Waals surface area contributed by atoms with Crippen molar-refractivity contribution in [3.05, 3.63) is 65.2 Å². The lowest BCUT2D eigenvalue weighted by atomic mass is 9.85. The third kappa shape index (κ3) is 2.54. The van der Waals surface area contributed by atoms with E-state index in [0.29, 0.717) is 5.92 Å². The summed E-state index contributed by atoms with van der Waals surface area (Å²) >= 11 is 5.98. The fourth-order valence-corrected chi connectivity index (χ4v) is 2.90. The van der Waals surface area contributed by atoms with E-state index in [1.807, 2.05) is 54.6 Å². The van der Waals surface area contributed by atoms with Gasteiger partial charge in [0.25, 0.3) is 0 Å². The molecule has 2 aromatic carbocycles. The number of hydrogen-bond acceptors (Lipinski definition) is 2. The van der Waals surface area contributed by atoms with Gasteiger partial charge < -0.3 is 10.4 Å². The molecule has 0 heterocycles. The van der Waals surface area contributed by atoms with Crippen LogP contribution in [0.5, 0.6) is 0 Å². The van der Waals surface area contributed by atoms with Gasteiger partial charge in [0.1, 0.15) is 0 Å². The first-order chi connectivity index (χ1) is 9.74. The first kappa shape index (κ1) is 13.5. The molecule has 0 radical (unpaired) electrons. The molecule has 0 aromatic heterocycles. The van der Waals surface area contributed by atoms with Crippen LogP contribution < -0.4 is 5.32 Å². The highest BCUT2D eigenvalue weighted by Gasteiger charge is 2.46. The van der Waals surface area contributed by atoms with Crippen molar-refractivity contribution in [1.29, 1.82) is 0 Å². The highest BCUT2D eigenvalue weighted by atomic mass is 35.5. The number of hydrogen-bond donors (Lipinski definition) is 2. The van der Waals surface area contributed by atoms with E-state index < -0.39 is 5.54 Å². The van der Waals surface area contributed by atoms with Crippen molar-refractivity contribution in [2.24, 2.45) is 5.92 Å². The van der Waals surface area contributed by atoms with Crippen LogP contribution in [0.1, 0.15) is 18.4 Å². The lowest BCUT2D eigenvalue weighted by molar-refractivity contribution is 0.193. The minimum Gasteiger partial charge on any atom is -0.394 e. The zero-order valence-corrected chi connectivity index (χ0v) is 12.0. The van der Waals surface area contributed by atoms with Crippen LogP contribution in [0, 0.1) is 5.92 Å². The van der Waals surface area contributed by atoms with E-state index in [9.17, 15) is 5.11 Å². The molecular weight excluding hydrogens is 270 g/mol. The summed E-state index contributed by atoms with van der Waals surface area (Å²) in [6, 6.07) is 17.8. The fraction of sp³-hybridized carbons (Fsp3) is 0.294. The number of halogens is 1. The summed E-state index contributed by atoms with van der Waals surface area (Å²) < 4.78 is 0. The summed E-state index contributed by atoms with van der Waals surface area (Å²) in [5, 5.41) is 14.3. The Labute approximate surface area is 124 Å². The second-order valence-electron chi connectivity index (χ2n) is 5.40. The molecule has 2 nitrogen and oxygen atoms in total. The molecule has 1 unspecified atom stereocenters. The molecule has 2 N–H and O–H groups in total. The molecule has 0 bridgehead atoms. The molecule has 1 aliphatic rings. The predicted octanol–water partition coefficient (Wildman–Crippen LogP) is 4.05. The summed E-state index contributed by atoms with van der Waals surface area (Å²) in [7, 11) is 0. The molecule has 3 heteroatoms. The average molecular weight is 288 g/mol. The van der Waals surface area contributed by atoms with Crippen LogP contribution in [0.3, 0.4) is 0 Å². The number of para-hydroxylation sites is 1. The molecule has 1 aliphatic carbocycles. The van der Waals surface area contributed by atoms with Gasteiger partial charge in [-0.2, -0.15) is 0 Å². The zero-order chi connectivity index (χ0) is 14.0. The summed E-state index contributed by atoms with van der Waals surface area (Å²) in [6.07, 6.45) is 2.28. The van der Waals surface area contributed by atoms with Crippen molar-refractivity contribution in [2.75, 3.05) is 11.9 Å². The Bertz CT molecular complexity index is 565. The van der Waals surface area contributed by atoms with Crippen molar-refractivity contribution in [3.8, 4) is 0 Å². The maximum absolute atomic E-state index is 10.1. The first-order valence-electron chi connectivity index (χ1n) is 6.95. The Morgan fingerprint density at radius 2 is 1.70 bits per heavy atom. The molecule has 1 saturated carbocycles. The van der Waals surface area contributed by atoms with Crippen LogP contribution in [0.25, 0.3) is 0 Å². The largest absolute Gasteiger partial charge is 0.394 e. The Kier molecular flexibility index (Phi) is 3.68. The monoisotopic (exact) mass is 287 g/mol. The molecule has 2 aromatic rings. The smallest absolute Gasteiger partial charge is 0.0885 e. The van der Waals surface area contributed by atoms with Gasteiger partial charge in [-0.15, -0.1) is 0 Å². The number of aliphatic hydroxyl groups excluding tert-OH is 1. The molecule has 0 aliphatic heterocycles. The standard InChI is InChI=1S/C17H18ClNO/c18-15-10-8-14(9-11-15)17(12-20,13-6-7-13)19-16-4-2-1-3-5-16/h1-5,8-11,13,19-20H,6-7,12H2. The quantitative estimate of drug-likeness (QED) is 0.869. The number of anilines is 1. The van der Waals surface area contributed by atoms with E-state index in [4.69, 9.17) is 11.6 Å². The topological polar surface area (TPSA) is 32.3 Å². The summed E-state index contributed by atoms with van der Waals surface area (Å²) in [6.45, 7) is 0.0776.